The molecule has 0 aliphatic heterocycles. The van der Waals surface area contributed by atoms with Gasteiger partial charge in [-0.2, -0.15) is 0 Å². The lowest BCUT2D eigenvalue weighted by atomic mass is 10.0. The van der Waals surface area contributed by atoms with Crippen molar-refractivity contribution in [3.8, 4) is 0 Å². The Morgan fingerprint density at radius 1 is 0.359 bits per heavy atom. The Bertz CT molecular complexity index is 1320. The average Bonchev–Trinajstić information content (AvgIpc) is 3.30. The van der Waals surface area contributed by atoms with E-state index in [2.05, 4.69) is 136 Å². The minimum atomic E-state index is -0.601. The number of carbonyl (C=O) groups excluding carboxylic acids is 2. The summed E-state index contributed by atoms with van der Waals surface area (Å²) in [7, 11) is 0. The predicted octanol–water partition coefficient (Wildman–Crippen LogP) is 17.8. The molecule has 0 N–H and O–H groups in total. The summed E-state index contributed by atoms with van der Waals surface area (Å²) in [5, 5.41) is 0. The van der Waals surface area contributed by atoms with Crippen LogP contribution in [0.15, 0.2) is 122 Å². The molecular weight excluding hydrogens is 789 g/mol. The molecule has 0 amide bonds. The smallest absolute Gasteiger partial charge is 0.306 e. The molecule has 0 saturated heterocycles. The molecule has 0 heterocycles. The highest BCUT2D eigenvalue weighted by atomic mass is 16.6. The molecule has 64 heavy (non-hydrogen) atoms. The fraction of sp³-hybridized carbons (Fsp3) is 0.627. The van der Waals surface area contributed by atoms with Crippen LogP contribution in [0, 0.1) is 0 Å². The van der Waals surface area contributed by atoms with Crippen LogP contribution in [0.4, 0.5) is 0 Å². The largest absolute Gasteiger partial charge is 0.462 e. The minimum absolute atomic E-state index is 0.0179. The first-order valence-corrected chi connectivity index (χ1v) is 26.1. The van der Waals surface area contributed by atoms with Crippen LogP contribution in [0.5, 0.6) is 0 Å². The van der Waals surface area contributed by atoms with Gasteiger partial charge in [0.1, 0.15) is 6.61 Å². The standard InChI is InChI=1S/C59H96O5/c1-4-7-10-13-16-19-22-25-28-29-30-31-33-34-37-40-43-46-49-52-58(60)63-56-57(55-62-54-51-48-45-42-39-36-27-24-21-18-15-12-9-6-3)64-59(61)53-50-47-44-41-38-35-32-26-23-20-17-14-11-8-5-2/h7,9-10,12,16,18-19,21,25,27-28,30-31,34,36-37,42-43,45-46,57H,4-6,8,11,13-15,17,20,22-24,26,29,32-33,35,38-41,44,47-56H2,1-3H3/b10-7-,12-9-,19-16-,21-18-,28-25-,31-30-,36-27-,37-34-,45-42-,46-43-. The van der Waals surface area contributed by atoms with Crippen LogP contribution < -0.4 is 0 Å². The van der Waals surface area contributed by atoms with Crippen molar-refractivity contribution in [3.63, 3.8) is 0 Å². The van der Waals surface area contributed by atoms with Gasteiger partial charge in [0.05, 0.1) is 6.61 Å². The Labute approximate surface area is 395 Å². The van der Waals surface area contributed by atoms with Crippen molar-refractivity contribution >= 4 is 11.9 Å². The molecule has 5 heteroatoms. The SMILES string of the molecule is CC/C=C\C/C=C\C/C=C\C/C=C\C/C=C\C/C=C\CCC(=O)OCC(COCCC/C=C\C/C=C\C/C=C\C/C=C\CC)OC(=O)CCCCCCCCCCCCCCCCC. The molecule has 0 aromatic heterocycles. The molecule has 0 spiro atoms. The highest BCUT2D eigenvalue weighted by Crippen LogP contribution is 2.14. The lowest BCUT2D eigenvalue weighted by molar-refractivity contribution is -0.162. The quantitative estimate of drug-likeness (QED) is 0.0346. The van der Waals surface area contributed by atoms with Crippen molar-refractivity contribution in [2.75, 3.05) is 19.8 Å². The maximum Gasteiger partial charge on any atom is 0.306 e. The van der Waals surface area contributed by atoms with Crippen molar-refractivity contribution in [1.29, 1.82) is 0 Å². The van der Waals surface area contributed by atoms with Crippen LogP contribution in [0.1, 0.15) is 213 Å². The van der Waals surface area contributed by atoms with E-state index in [1.54, 1.807) is 0 Å². The van der Waals surface area contributed by atoms with E-state index in [-0.39, 0.29) is 31.6 Å². The van der Waals surface area contributed by atoms with Crippen LogP contribution in [0.2, 0.25) is 0 Å². The van der Waals surface area contributed by atoms with E-state index in [0.717, 1.165) is 96.3 Å². The molecule has 0 aliphatic carbocycles. The second kappa shape index (κ2) is 53.6. The summed E-state index contributed by atoms with van der Waals surface area (Å²) in [4.78, 5) is 25.4. The van der Waals surface area contributed by atoms with Crippen molar-refractivity contribution in [2.24, 2.45) is 0 Å². The Kier molecular flexibility index (Phi) is 50.5. The molecule has 0 fully saturated rings. The summed E-state index contributed by atoms with van der Waals surface area (Å²) >= 11 is 0. The van der Waals surface area contributed by atoms with E-state index in [9.17, 15) is 9.59 Å². The van der Waals surface area contributed by atoms with Gasteiger partial charge in [-0.05, 0) is 89.9 Å². The van der Waals surface area contributed by atoms with E-state index >= 15 is 0 Å². The van der Waals surface area contributed by atoms with E-state index < -0.39 is 6.10 Å². The first kappa shape index (κ1) is 60.3. The number of carbonyl (C=O) groups is 2. The molecule has 1 unspecified atom stereocenters. The number of esters is 2. The van der Waals surface area contributed by atoms with Crippen LogP contribution in [0.25, 0.3) is 0 Å². The van der Waals surface area contributed by atoms with Crippen molar-refractivity contribution in [3.05, 3.63) is 122 Å². The Morgan fingerprint density at radius 3 is 1.12 bits per heavy atom. The van der Waals surface area contributed by atoms with E-state index in [0.29, 0.717) is 19.4 Å². The molecule has 0 radical (unpaired) electrons. The van der Waals surface area contributed by atoms with Gasteiger partial charge in [0.25, 0.3) is 0 Å². The van der Waals surface area contributed by atoms with Gasteiger partial charge in [0.15, 0.2) is 6.10 Å². The van der Waals surface area contributed by atoms with Gasteiger partial charge in [-0.1, -0.05) is 232 Å². The Hall–Kier alpha value is -3.70. The molecule has 5 nitrogen and oxygen atoms in total. The normalized spacial score (nSPS) is 13.2. The fourth-order valence-corrected chi connectivity index (χ4v) is 6.72. The van der Waals surface area contributed by atoms with Crippen LogP contribution in [-0.4, -0.2) is 37.9 Å². The van der Waals surface area contributed by atoms with E-state index in [1.807, 2.05) is 6.08 Å². The van der Waals surface area contributed by atoms with Crippen molar-refractivity contribution < 1.29 is 23.8 Å². The molecular formula is C59H96O5. The van der Waals surface area contributed by atoms with Gasteiger partial charge in [0.2, 0.25) is 0 Å². The maximum atomic E-state index is 12.8. The number of hydrogen-bond acceptors (Lipinski definition) is 5. The highest BCUT2D eigenvalue weighted by molar-refractivity contribution is 5.70. The van der Waals surface area contributed by atoms with Crippen LogP contribution in [0.3, 0.4) is 0 Å². The summed E-state index contributed by atoms with van der Waals surface area (Å²) < 4.78 is 17.3. The van der Waals surface area contributed by atoms with Crippen LogP contribution in [-0.2, 0) is 23.8 Å². The summed E-state index contributed by atoms with van der Waals surface area (Å²) in [6.45, 7) is 7.38. The van der Waals surface area contributed by atoms with E-state index in [1.165, 1.54) is 77.0 Å². The van der Waals surface area contributed by atoms with E-state index in [4.69, 9.17) is 14.2 Å². The Balaban J connectivity index is 4.47. The summed E-state index contributed by atoms with van der Waals surface area (Å²) in [5.41, 5.74) is 0. The third-order valence-corrected chi connectivity index (χ3v) is 10.5. The molecule has 0 aromatic carbocycles. The molecule has 0 aliphatic rings. The topological polar surface area (TPSA) is 61.8 Å². The van der Waals surface area contributed by atoms with Crippen LogP contribution >= 0.6 is 0 Å². The monoisotopic (exact) mass is 885 g/mol. The molecule has 362 valence electrons. The summed E-state index contributed by atoms with van der Waals surface area (Å²) in [6, 6.07) is 0. The molecule has 0 rings (SSSR count). The first-order valence-electron chi connectivity index (χ1n) is 26.1. The number of hydrogen-bond donors (Lipinski definition) is 0. The van der Waals surface area contributed by atoms with Gasteiger partial charge < -0.3 is 14.2 Å². The Morgan fingerprint density at radius 2 is 0.719 bits per heavy atom. The number of ether oxygens (including phenoxy) is 3. The fourth-order valence-electron chi connectivity index (χ4n) is 6.72. The zero-order valence-corrected chi connectivity index (χ0v) is 41.5. The van der Waals surface area contributed by atoms with Gasteiger partial charge in [0, 0.05) is 19.4 Å². The lowest BCUT2D eigenvalue weighted by Gasteiger charge is -2.18. The maximum absolute atomic E-state index is 12.8. The average molecular weight is 885 g/mol. The van der Waals surface area contributed by atoms with Gasteiger partial charge in [-0.3, -0.25) is 9.59 Å². The zero-order valence-electron chi connectivity index (χ0n) is 41.5. The molecule has 1 atom stereocenters. The second-order valence-electron chi connectivity index (χ2n) is 16.7. The first-order chi connectivity index (χ1) is 31.6. The lowest BCUT2D eigenvalue weighted by Crippen LogP contribution is -2.30. The third kappa shape index (κ3) is 50.9. The van der Waals surface area contributed by atoms with Gasteiger partial charge in [-0.15, -0.1) is 0 Å². The highest BCUT2D eigenvalue weighted by Gasteiger charge is 2.17. The third-order valence-electron chi connectivity index (χ3n) is 10.5. The minimum Gasteiger partial charge on any atom is -0.462 e. The number of allylic oxidation sites excluding steroid dienone is 20. The second-order valence-corrected chi connectivity index (χ2v) is 16.7. The molecule has 0 bridgehead atoms. The summed E-state index contributed by atoms with van der Waals surface area (Å²) in [6.07, 6.45) is 75.2. The number of rotatable bonds is 46. The van der Waals surface area contributed by atoms with Crippen molar-refractivity contribution in [1.82, 2.24) is 0 Å². The van der Waals surface area contributed by atoms with Gasteiger partial charge >= 0.3 is 11.9 Å². The van der Waals surface area contributed by atoms with Crippen molar-refractivity contribution in [2.45, 2.75) is 219 Å². The van der Waals surface area contributed by atoms with Gasteiger partial charge in [-0.25, -0.2) is 0 Å². The number of unbranched alkanes of at least 4 members (excludes halogenated alkanes) is 15. The zero-order chi connectivity index (χ0) is 46.3. The predicted molar refractivity (Wildman–Crippen MR) is 279 cm³/mol. The molecule has 0 aromatic rings. The molecule has 0 saturated carbocycles. The summed E-state index contributed by atoms with van der Waals surface area (Å²) in [5.74, 6) is -0.528.